The molecule has 3 rings (SSSR count). The van der Waals surface area contributed by atoms with Crippen LogP contribution in [0.15, 0.2) is 30.3 Å². The molecule has 1 saturated heterocycles. The highest BCUT2D eigenvalue weighted by Crippen LogP contribution is 2.33. The summed E-state index contributed by atoms with van der Waals surface area (Å²) in [5.74, 6) is 0.545. The molecule has 2 fully saturated rings. The van der Waals surface area contributed by atoms with Gasteiger partial charge in [-0.3, -0.25) is 4.90 Å². The molecule has 1 N–H and O–H groups in total. The monoisotopic (exact) mass is 288 g/mol. The first kappa shape index (κ1) is 14.0. The highest BCUT2D eigenvalue weighted by Gasteiger charge is 2.35. The zero-order chi connectivity index (χ0) is 13.8. The van der Waals surface area contributed by atoms with Crippen LogP contribution in [0.3, 0.4) is 0 Å². The molecule has 0 unspecified atom stereocenters. The van der Waals surface area contributed by atoms with Crippen molar-refractivity contribution in [3.63, 3.8) is 0 Å². The normalized spacial score (nSPS) is 27.4. The molecule has 0 bridgehead atoms. The van der Waals surface area contributed by atoms with Crippen LogP contribution in [0.4, 0.5) is 5.69 Å². The van der Waals surface area contributed by atoms with Gasteiger partial charge in [-0.25, -0.2) is 0 Å². The Balaban J connectivity index is 1.64. The van der Waals surface area contributed by atoms with E-state index in [0.717, 1.165) is 10.7 Å². The smallest absolute Gasteiger partial charge is 0.0844 e. The van der Waals surface area contributed by atoms with Crippen molar-refractivity contribution in [1.82, 2.24) is 4.90 Å². The molecule has 1 heterocycles. The molecule has 108 valence electrons. The van der Waals surface area contributed by atoms with E-state index in [2.05, 4.69) is 34.5 Å². The van der Waals surface area contributed by atoms with Gasteiger partial charge in [-0.2, -0.15) is 0 Å². The number of hydrogen-bond acceptors (Lipinski definition) is 2. The number of nitrogens with one attached hydrogen (secondary N) is 1. The summed E-state index contributed by atoms with van der Waals surface area (Å²) in [5.41, 5.74) is 1.13. The fraction of sp³-hybridized carbons (Fsp3) is 0.588. The number of likely N-dealkylation sites (tertiary alicyclic amines) is 1. The average Bonchev–Trinajstić information content (AvgIpc) is 2.99. The summed E-state index contributed by atoms with van der Waals surface area (Å²) in [7, 11) is 0. The molecule has 2 aliphatic rings. The van der Waals surface area contributed by atoms with E-state index in [-0.39, 0.29) is 0 Å². The molecule has 0 aromatic heterocycles. The maximum Gasteiger partial charge on any atom is 0.0844 e. The van der Waals surface area contributed by atoms with Crippen LogP contribution in [0.5, 0.6) is 0 Å². The second-order valence-electron chi connectivity index (χ2n) is 6.06. The SMILES string of the molecule is S=C(Nc1ccccc1)[C@@H]1CCC[C@@H]1N1CCCCC1. The van der Waals surface area contributed by atoms with Gasteiger partial charge in [0.05, 0.1) is 4.99 Å². The number of hydrogen-bond donors (Lipinski definition) is 1. The lowest BCUT2D eigenvalue weighted by Crippen LogP contribution is -2.44. The van der Waals surface area contributed by atoms with Gasteiger partial charge in [0.2, 0.25) is 0 Å². The lowest BCUT2D eigenvalue weighted by atomic mass is 9.99. The van der Waals surface area contributed by atoms with Gasteiger partial charge in [-0.15, -0.1) is 0 Å². The summed E-state index contributed by atoms with van der Waals surface area (Å²) >= 11 is 5.70. The summed E-state index contributed by atoms with van der Waals surface area (Å²) in [6.07, 6.45) is 8.02. The average molecular weight is 288 g/mol. The van der Waals surface area contributed by atoms with Gasteiger partial charge in [-0.05, 0) is 50.9 Å². The van der Waals surface area contributed by atoms with Crippen molar-refractivity contribution >= 4 is 22.9 Å². The number of para-hydroxylation sites is 1. The van der Waals surface area contributed by atoms with Crippen molar-refractivity contribution in [3.05, 3.63) is 30.3 Å². The maximum absolute atomic E-state index is 5.70. The standard InChI is InChI=1S/C17H24N2S/c20-17(18-14-8-3-1-4-9-14)15-10-7-11-16(15)19-12-5-2-6-13-19/h1,3-4,8-9,15-16H,2,5-7,10-13H2,(H,18,20)/t15-,16+/m1/s1. The number of thiocarbonyl (C=S) groups is 1. The third-order valence-corrected chi connectivity index (χ3v) is 5.12. The van der Waals surface area contributed by atoms with Gasteiger partial charge >= 0.3 is 0 Å². The number of benzene rings is 1. The van der Waals surface area contributed by atoms with E-state index in [1.807, 2.05) is 6.07 Å². The molecular weight excluding hydrogens is 264 g/mol. The Morgan fingerprint density at radius 3 is 2.50 bits per heavy atom. The zero-order valence-corrected chi connectivity index (χ0v) is 12.9. The second kappa shape index (κ2) is 6.68. The minimum Gasteiger partial charge on any atom is -0.350 e. The molecule has 1 aromatic carbocycles. The Hall–Kier alpha value is -0.930. The van der Waals surface area contributed by atoms with Crippen LogP contribution < -0.4 is 5.32 Å². The van der Waals surface area contributed by atoms with Crippen LogP contribution in [0.25, 0.3) is 0 Å². The first-order chi connectivity index (χ1) is 9.84. The van der Waals surface area contributed by atoms with Crippen LogP contribution in [0.1, 0.15) is 38.5 Å². The fourth-order valence-electron chi connectivity index (χ4n) is 3.69. The van der Waals surface area contributed by atoms with Crippen LogP contribution in [0, 0.1) is 5.92 Å². The predicted octanol–water partition coefficient (Wildman–Crippen LogP) is 4.08. The fourth-order valence-corrected chi connectivity index (χ4v) is 4.08. The van der Waals surface area contributed by atoms with E-state index in [9.17, 15) is 0 Å². The third-order valence-electron chi connectivity index (χ3n) is 4.72. The van der Waals surface area contributed by atoms with Crippen LogP contribution in [-0.4, -0.2) is 29.0 Å². The van der Waals surface area contributed by atoms with E-state index >= 15 is 0 Å². The number of rotatable bonds is 3. The summed E-state index contributed by atoms with van der Waals surface area (Å²) in [6.45, 7) is 2.55. The molecular formula is C17H24N2S. The highest BCUT2D eigenvalue weighted by molar-refractivity contribution is 7.80. The van der Waals surface area contributed by atoms with Gasteiger partial charge in [0.15, 0.2) is 0 Å². The Morgan fingerprint density at radius 1 is 1.00 bits per heavy atom. The lowest BCUT2D eigenvalue weighted by molar-refractivity contribution is 0.151. The van der Waals surface area contributed by atoms with E-state index in [1.54, 1.807) is 0 Å². The van der Waals surface area contributed by atoms with E-state index < -0.39 is 0 Å². The van der Waals surface area contributed by atoms with E-state index in [4.69, 9.17) is 12.2 Å². The molecule has 1 aliphatic carbocycles. The van der Waals surface area contributed by atoms with Crippen molar-refractivity contribution in [2.75, 3.05) is 18.4 Å². The van der Waals surface area contributed by atoms with E-state index in [0.29, 0.717) is 12.0 Å². The molecule has 0 spiro atoms. The Kier molecular flexibility index (Phi) is 4.69. The molecule has 3 heteroatoms. The van der Waals surface area contributed by atoms with Gasteiger partial charge in [0.1, 0.15) is 0 Å². The van der Waals surface area contributed by atoms with Crippen molar-refractivity contribution in [2.45, 2.75) is 44.6 Å². The first-order valence-electron chi connectivity index (χ1n) is 7.94. The Labute approximate surface area is 127 Å². The molecule has 1 aliphatic heterocycles. The molecule has 0 radical (unpaired) electrons. The summed E-state index contributed by atoms with van der Waals surface area (Å²) in [4.78, 5) is 3.74. The van der Waals surface area contributed by atoms with Gasteiger partial charge in [0.25, 0.3) is 0 Å². The predicted molar refractivity (Wildman–Crippen MR) is 89.2 cm³/mol. The van der Waals surface area contributed by atoms with Crippen molar-refractivity contribution < 1.29 is 0 Å². The number of piperidine rings is 1. The molecule has 1 aromatic rings. The number of nitrogens with zero attached hydrogens (tertiary/aromatic N) is 1. The minimum atomic E-state index is 0.545. The van der Waals surface area contributed by atoms with Gasteiger partial charge < -0.3 is 5.32 Å². The molecule has 0 amide bonds. The van der Waals surface area contributed by atoms with Crippen LogP contribution >= 0.6 is 12.2 Å². The number of anilines is 1. The quantitative estimate of drug-likeness (QED) is 0.844. The van der Waals surface area contributed by atoms with Crippen LogP contribution in [-0.2, 0) is 0 Å². The first-order valence-corrected chi connectivity index (χ1v) is 8.35. The molecule has 20 heavy (non-hydrogen) atoms. The summed E-state index contributed by atoms with van der Waals surface area (Å²) in [5, 5.41) is 3.46. The molecule has 1 saturated carbocycles. The van der Waals surface area contributed by atoms with Crippen molar-refractivity contribution in [2.24, 2.45) is 5.92 Å². The largest absolute Gasteiger partial charge is 0.350 e. The van der Waals surface area contributed by atoms with Gasteiger partial charge in [0, 0.05) is 17.6 Å². The zero-order valence-electron chi connectivity index (χ0n) is 12.1. The minimum absolute atomic E-state index is 0.545. The lowest BCUT2D eigenvalue weighted by Gasteiger charge is -2.36. The summed E-state index contributed by atoms with van der Waals surface area (Å²) in [6, 6.07) is 11.0. The van der Waals surface area contributed by atoms with E-state index in [1.165, 1.54) is 51.6 Å². The topological polar surface area (TPSA) is 15.3 Å². The van der Waals surface area contributed by atoms with Gasteiger partial charge in [-0.1, -0.05) is 43.3 Å². The Bertz CT molecular complexity index is 440. The maximum atomic E-state index is 5.70. The van der Waals surface area contributed by atoms with Crippen molar-refractivity contribution in [3.8, 4) is 0 Å². The Morgan fingerprint density at radius 2 is 1.75 bits per heavy atom. The highest BCUT2D eigenvalue weighted by atomic mass is 32.1. The molecule has 2 atom stereocenters. The second-order valence-corrected chi connectivity index (χ2v) is 6.50. The van der Waals surface area contributed by atoms with Crippen LogP contribution in [0.2, 0.25) is 0 Å². The summed E-state index contributed by atoms with van der Waals surface area (Å²) < 4.78 is 0. The molecule has 2 nitrogen and oxygen atoms in total. The third kappa shape index (κ3) is 3.21. The van der Waals surface area contributed by atoms with Crippen molar-refractivity contribution in [1.29, 1.82) is 0 Å².